The van der Waals surface area contributed by atoms with Gasteiger partial charge in [0, 0.05) is 30.8 Å². The fourth-order valence-electron chi connectivity index (χ4n) is 2.12. The zero-order valence-corrected chi connectivity index (χ0v) is 14.4. The van der Waals surface area contributed by atoms with E-state index in [4.69, 9.17) is 5.26 Å². The van der Waals surface area contributed by atoms with Gasteiger partial charge in [-0.2, -0.15) is 31.6 Å². The molecule has 29 heavy (non-hydrogen) atoms. The number of nitrogens with one attached hydrogen (secondary N) is 2. The molecule has 1 aromatic heterocycles. The molecule has 2 N–H and O–H groups in total. The molecule has 11 heteroatoms. The van der Waals surface area contributed by atoms with E-state index in [0.29, 0.717) is 17.7 Å². The van der Waals surface area contributed by atoms with E-state index in [1.54, 1.807) is 12.1 Å². The van der Waals surface area contributed by atoms with Crippen LogP contribution in [0.2, 0.25) is 0 Å². The number of aromatic nitrogens is 1. The number of benzene rings is 1. The zero-order valence-electron chi connectivity index (χ0n) is 14.4. The van der Waals surface area contributed by atoms with Crippen LogP contribution in [0.1, 0.15) is 16.7 Å². The minimum atomic E-state index is -5.01. The summed E-state index contributed by atoms with van der Waals surface area (Å²) in [6, 6.07) is 5.65. The van der Waals surface area contributed by atoms with Crippen LogP contribution in [0.5, 0.6) is 0 Å². The smallest absolute Gasteiger partial charge is 0.360 e. The molecule has 2 rings (SSSR count). The van der Waals surface area contributed by atoms with Gasteiger partial charge in [-0.05, 0) is 29.8 Å². The first-order valence-electron chi connectivity index (χ1n) is 7.84. The molecule has 0 aliphatic rings. The molecule has 0 spiro atoms. The first-order valence-corrected chi connectivity index (χ1v) is 7.84. The van der Waals surface area contributed by atoms with Crippen LogP contribution in [0.15, 0.2) is 54.5 Å². The lowest BCUT2D eigenvalue weighted by Gasteiger charge is -2.14. The molecule has 0 saturated heterocycles. The first-order chi connectivity index (χ1) is 13.5. The zero-order chi connectivity index (χ0) is 21.7. The maximum atomic E-state index is 12.9. The summed E-state index contributed by atoms with van der Waals surface area (Å²) in [4.78, 5) is 15.8. The van der Waals surface area contributed by atoms with Crippen LogP contribution >= 0.6 is 0 Å². The number of pyridine rings is 1. The number of nitriles is 1. The monoisotopic (exact) mass is 414 g/mol. The van der Waals surface area contributed by atoms with Crippen LogP contribution < -0.4 is 10.6 Å². The van der Waals surface area contributed by atoms with Gasteiger partial charge in [0.15, 0.2) is 0 Å². The van der Waals surface area contributed by atoms with Gasteiger partial charge in [-0.15, -0.1) is 0 Å². The summed E-state index contributed by atoms with van der Waals surface area (Å²) in [5.74, 6) is -0.869. The van der Waals surface area contributed by atoms with Crippen molar-refractivity contribution in [2.45, 2.75) is 18.9 Å². The highest BCUT2D eigenvalue weighted by atomic mass is 19.4. The lowest BCUT2D eigenvalue weighted by Crippen LogP contribution is -2.24. The second-order valence-electron chi connectivity index (χ2n) is 5.65. The molecular weight excluding hydrogens is 402 g/mol. The Bertz CT molecular complexity index is 913. The van der Waals surface area contributed by atoms with Gasteiger partial charge in [-0.1, -0.05) is 6.07 Å². The molecule has 2 aromatic rings. The number of hydrogen-bond acceptors (Lipinski definition) is 4. The number of alkyl halides is 6. The van der Waals surface area contributed by atoms with E-state index in [2.05, 4.69) is 15.6 Å². The number of carbonyl (C=O) groups excluding carboxylic acids is 1. The largest absolute Gasteiger partial charge is 0.416 e. The normalized spacial score (nSPS) is 12.2. The minimum absolute atomic E-state index is 0.0213. The quantitative estimate of drug-likeness (QED) is 0.436. The Labute approximate surface area is 160 Å². The number of rotatable bonds is 5. The fraction of sp³-hybridized carbons (Fsp3) is 0.167. The van der Waals surface area contributed by atoms with Crippen molar-refractivity contribution in [2.75, 3.05) is 5.32 Å². The third-order valence-electron chi connectivity index (χ3n) is 3.51. The summed E-state index contributed by atoms with van der Waals surface area (Å²) in [7, 11) is 0. The Morgan fingerprint density at radius 3 is 2.21 bits per heavy atom. The van der Waals surface area contributed by atoms with Gasteiger partial charge < -0.3 is 10.6 Å². The SMILES string of the molecule is N#C/C(=C/Nc1cc(C(F)(F)F)cc(C(F)(F)F)c1)C(=O)NCc1cccnc1. The molecule has 0 unspecified atom stereocenters. The first kappa shape index (κ1) is 21.7. The van der Waals surface area contributed by atoms with Crippen LogP contribution in [0, 0.1) is 11.3 Å². The lowest BCUT2D eigenvalue weighted by atomic mass is 10.1. The minimum Gasteiger partial charge on any atom is -0.360 e. The maximum absolute atomic E-state index is 12.9. The highest BCUT2D eigenvalue weighted by Crippen LogP contribution is 2.37. The van der Waals surface area contributed by atoms with Crippen LogP contribution in [0.3, 0.4) is 0 Å². The average Bonchev–Trinajstić information content (AvgIpc) is 2.66. The van der Waals surface area contributed by atoms with Crippen LogP contribution in [-0.2, 0) is 23.7 Å². The predicted octanol–water partition coefficient (Wildman–Crippen LogP) is 4.25. The molecule has 0 saturated carbocycles. The third-order valence-corrected chi connectivity index (χ3v) is 3.51. The summed E-state index contributed by atoms with van der Waals surface area (Å²) in [6.07, 6.45) is -6.31. The summed E-state index contributed by atoms with van der Waals surface area (Å²) < 4.78 is 77.2. The van der Waals surface area contributed by atoms with E-state index < -0.39 is 40.6 Å². The molecule has 0 aliphatic carbocycles. The van der Waals surface area contributed by atoms with E-state index in [1.165, 1.54) is 18.5 Å². The molecule has 1 amide bonds. The predicted molar refractivity (Wildman–Crippen MR) is 89.8 cm³/mol. The fourth-order valence-corrected chi connectivity index (χ4v) is 2.12. The van der Waals surface area contributed by atoms with E-state index in [0.717, 1.165) is 6.20 Å². The molecule has 152 valence electrons. The summed E-state index contributed by atoms with van der Waals surface area (Å²) in [5, 5.41) is 13.6. The number of halogens is 6. The maximum Gasteiger partial charge on any atom is 0.416 e. The van der Waals surface area contributed by atoms with Crippen molar-refractivity contribution in [3.8, 4) is 6.07 Å². The van der Waals surface area contributed by atoms with Gasteiger partial charge in [0.1, 0.15) is 11.6 Å². The number of carbonyl (C=O) groups is 1. The molecular formula is C18H12F6N4O. The third kappa shape index (κ3) is 6.24. The van der Waals surface area contributed by atoms with Crippen molar-refractivity contribution in [3.05, 3.63) is 71.2 Å². The van der Waals surface area contributed by atoms with Gasteiger partial charge in [0.25, 0.3) is 5.91 Å². The van der Waals surface area contributed by atoms with Crippen LogP contribution in [-0.4, -0.2) is 10.9 Å². The highest BCUT2D eigenvalue weighted by Gasteiger charge is 2.36. The second kappa shape index (κ2) is 8.64. The average molecular weight is 414 g/mol. The van der Waals surface area contributed by atoms with Crippen LogP contribution in [0.25, 0.3) is 0 Å². The van der Waals surface area contributed by atoms with Gasteiger partial charge in [-0.25, -0.2) is 0 Å². The Morgan fingerprint density at radius 1 is 1.10 bits per heavy atom. The lowest BCUT2D eigenvalue weighted by molar-refractivity contribution is -0.143. The summed E-state index contributed by atoms with van der Waals surface area (Å²) >= 11 is 0. The second-order valence-corrected chi connectivity index (χ2v) is 5.65. The van der Waals surface area contributed by atoms with E-state index in [-0.39, 0.29) is 12.6 Å². The molecule has 0 atom stereocenters. The van der Waals surface area contributed by atoms with E-state index in [1.807, 2.05) is 0 Å². The topological polar surface area (TPSA) is 77.8 Å². The van der Waals surface area contributed by atoms with Gasteiger partial charge >= 0.3 is 12.4 Å². The van der Waals surface area contributed by atoms with Crippen molar-refractivity contribution in [2.24, 2.45) is 0 Å². The Balaban J connectivity index is 2.21. The van der Waals surface area contributed by atoms with Crippen molar-refractivity contribution in [1.29, 1.82) is 5.26 Å². The van der Waals surface area contributed by atoms with Gasteiger partial charge in [0.2, 0.25) is 0 Å². The molecule has 0 fully saturated rings. The summed E-state index contributed by atoms with van der Waals surface area (Å²) in [6.45, 7) is 0.0213. The molecule has 0 aliphatic heterocycles. The van der Waals surface area contributed by atoms with E-state index in [9.17, 15) is 31.1 Å². The molecule has 0 bridgehead atoms. The van der Waals surface area contributed by atoms with Crippen molar-refractivity contribution < 1.29 is 31.1 Å². The van der Waals surface area contributed by atoms with Gasteiger partial charge in [0.05, 0.1) is 11.1 Å². The number of amides is 1. The summed E-state index contributed by atoms with van der Waals surface area (Å²) in [5.41, 5.74) is -3.55. The molecule has 5 nitrogen and oxygen atoms in total. The highest BCUT2D eigenvalue weighted by molar-refractivity contribution is 5.97. The van der Waals surface area contributed by atoms with E-state index >= 15 is 0 Å². The van der Waals surface area contributed by atoms with Crippen molar-refractivity contribution >= 4 is 11.6 Å². The van der Waals surface area contributed by atoms with Crippen molar-refractivity contribution in [3.63, 3.8) is 0 Å². The van der Waals surface area contributed by atoms with Crippen molar-refractivity contribution in [1.82, 2.24) is 10.3 Å². The number of nitrogens with zero attached hydrogens (tertiary/aromatic N) is 2. The number of hydrogen-bond donors (Lipinski definition) is 2. The van der Waals surface area contributed by atoms with Gasteiger partial charge in [-0.3, -0.25) is 9.78 Å². The number of anilines is 1. The van der Waals surface area contributed by atoms with Crippen LogP contribution in [0.4, 0.5) is 32.0 Å². The molecule has 1 heterocycles. The molecule has 0 radical (unpaired) electrons. The Hall–Kier alpha value is -3.55. The standard InChI is InChI=1S/C18H12F6N4O/c19-17(20,21)13-4-14(18(22,23)24)6-15(5-13)27-10-12(7-25)16(29)28-9-11-2-1-3-26-8-11/h1-6,8,10,27H,9H2,(H,28,29)/b12-10-. The Kier molecular flexibility index (Phi) is 6.48. The molecule has 1 aromatic carbocycles. The Morgan fingerprint density at radius 2 is 1.72 bits per heavy atom.